The number of hydrogen-bond acceptors (Lipinski definition) is 7. The lowest BCUT2D eigenvalue weighted by molar-refractivity contribution is 0.594. The van der Waals surface area contributed by atoms with Crippen LogP contribution in [0.3, 0.4) is 0 Å². The smallest absolute Gasteiger partial charge is 0.224 e. The van der Waals surface area contributed by atoms with Gasteiger partial charge in [0.2, 0.25) is 15.8 Å². The maximum atomic E-state index is 13.1. The maximum absolute atomic E-state index is 13.1. The van der Waals surface area contributed by atoms with Crippen molar-refractivity contribution in [2.45, 2.75) is 9.79 Å². The molecular weight excluding hydrogens is 397 g/mol. The molecule has 0 saturated heterocycles. The topological polar surface area (TPSA) is 115 Å². The van der Waals surface area contributed by atoms with E-state index in [4.69, 9.17) is 34.7 Å². The third-order valence-electron chi connectivity index (χ3n) is 3.89. The number of nitrogens with zero attached hydrogens (tertiary/aromatic N) is 3. The molecule has 0 unspecified atom stereocenters. The van der Waals surface area contributed by atoms with Gasteiger partial charge in [-0.25, -0.2) is 8.42 Å². The number of sulfone groups is 1. The minimum absolute atomic E-state index is 0.00227. The average Bonchev–Trinajstić information content (AvgIpc) is 2.55. The lowest BCUT2D eigenvalue weighted by Crippen LogP contribution is -2.25. The molecule has 0 saturated carbocycles. The average molecular weight is 408 g/mol. The van der Waals surface area contributed by atoms with Gasteiger partial charge in [0.15, 0.2) is 16.5 Å². The van der Waals surface area contributed by atoms with Crippen LogP contribution in [-0.2, 0) is 9.84 Å². The molecule has 2 aromatic carbocycles. The van der Waals surface area contributed by atoms with Gasteiger partial charge in [-0.3, -0.25) is 4.90 Å². The van der Waals surface area contributed by atoms with Crippen LogP contribution in [0, 0.1) is 0 Å². The van der Waals surface area contributed by atoms with Crippen molar-refractivity contribution in [1.29, 1.82) is 0 Å². The summed E-state index contributed by atoms with van der Waals surface area (Å²) < 4.78 is 26.2. The van der Waals surface area contributed by atoms with E-state index < -0.39 is 9.84 Å². The Kier molecular flexibility index (Phi) is 3.72. The molecule has 0 radical (unpaired) electrons. The maximum Gasteiger partial charge on any atom is 0.224 e. The Bertz CT molecular complexity index is 1170. The summed E-state index contributed by atoms with van der Waals surface area (Å²) in [6.07, 6.45) is 0. The van der Waals surface area contributed by atoms with E-state index in [0.29, 0.717) is 16.4 Å². The van der Waals surface area contributed by atoms with Gasteiger partial charge in [-0.05, 0) is 36.4 Å². The van der Waals surface area contributed by atoms with Crippen LogP contribution in [0.2, 0.25) is 10.0 Å². The molecule has 0 aliphatic carbocycles. The van der Waals surface area contributed by atoms with Gasteiger partial charge in [0.05, 0.1) is 10.6 Å². The van der Waals surface area contributed by atoms with E-state index in [9.17, 15) is 8.42 Å². The van der Waals surface area contributed by atoms with Crippen LogP contribution < -0.4 is 16.4 Å². The molecule has 26 heavy (non-hydrogen) atoms. The van der Waals surface area contributed by atoms with Crippen molar-refractivity contribution in [1.82, 2.24) is 9.97 Å². The molecule has 1 aliphatic heterocycles. The molecule has 1 aromatic heterocycles. The highest BCUT2D eigenvalue weighted by molar-refractivity contribution is 7.92. The quantitative estimate of drug-likeness (QED) is 0.495. The Labute approximate surface area is 159 Å². The number of rotatable bonds is 1. The predicted molar refractivity (Wildman–Crippen MR) is 101 cm³/mol. The van der Waals surface area contributed by atoms with E-state index in [1.165, 1.54) is 6.07 Å². The van der Waals surface area contributed by atoms with Crippen LogP contribution in [0.5, 0.6) is 0 Å². The highest BCUT2D eigenvalue weighted by Gasteiger charge is 2.39. The summed E-state index contributed by atoms with van der Waals surface area (Å²) in [5, 5.41) is 0.750. The Morgan fingerprint density at radius 1 is 0.962 bits per heavy atom. The molecule has 0 bridgehead atoms. The van der Waals surface area contributed by atoms with Gasteiger partial charge < -0.3 is 11.5 Å². The molecule has 0 fully saturated rings. The van der Waals surface area contributed by atoms with Crippen LogP contribution in [0.25, 0.3) is 0 Å². The molecule has 1 aliphatic rings. The van der Waals surface area contributed by atoms with Crippen molar-refractivity contribution >= 4 is 62.0 Å². The van der Waals surface area contributed by atoms with Gasteiger partial charge in [0, 0.05) is 15.7 Å². The fourth-order valence-corrected chi connectivity index (χ4v) is 4.93. The molecular formula is C16H11Cl2N5O2S. The van der Waals surface area contributed by atoms with E-state index >= 15 is 0 Å². The first kappa shape index (κ1) is 16.9. The van der Waals surface area contributed by atoms with E-state index in [1.54, 1.807) is 41.3 Å². The fourth-order valence-electron chi connectivity index (χ4n) is 2.87. The third kappa shape index (κ3) is 2.45. The highest BCUT2D eigenvalue weighted by atomic mass is 35.5. The second kappa shape index (κ2) is 5.73. The number of hydrogen-bond donors (Lipinski definition) is 2. The number of nitrogen functional groups attached to an aromatic ring is 2. The standard InChI is InChI=1S/C16H11Cl2N5O2S/c17-8-2-1-3-10(6-8)23-11-5-4-9(18)7-12(11)26(24,25)13-14(19)21-16(20)22-15(13)23/h1-7H,(H4,19,20,21,22). The molecule has 4 rings (SSSR count). The summed E-state index contributed by atoms with van der Waals surface area (Å²) in [5.74, 6) is -0.307. The number of halogens is 2. The van der Waals surface area contributed by atoms with Gasteiger partial charge in [-0.2, -0.15) is 9.97 Å². The molecule has 2 heterocycles. The number of fused-ring (bicyclic) bond motifs is 2. The normalized spacial score (nSPS) is 14.6. The molecule has 10 heteroatoms. The van der Waals surface area contributed by atoms with E-state index in [-0.39, 0.29) is 32.4 Å². The summed E-state index contributed by atoms with van der Waals surface area (Å²) in [6, 6.07) is 11.4. The second-order valence-electron chi connectivity index (χ2n) is 5.55. The minimum atomic E-state index is -3.99. The largest absolute Gasteiger partial charge is 0.382 e. The second-order valence-corrected chi connectivity index (χ2v) is 8.28. The summed E-state index contributed by atoms with van der Waals surface area (Å²) >= 11 is 12.1. The van der Waals surface area contributed by atoms with Crippen LogP contribution >= 0.6 is 23.2 Å². The molecule has 0 spiro atoms. The lowest BCUT2D eigenvalue weighted by Gasteiger charge is -2.32. The first-order valence-corrected chi connectivity index (χ1v) is 9.56. The van der Waals surface area contributed by atoms with Gasteiger partial charge >= 0.3 is 0 Å². The predicted octanol–water partition coefficient (Wildman–Crippen LogP) is 3.56. The molecule has 3 aromatic rings. The monoisotopic (exact) mass is 407 g/mol. The summed E-state index contributed by atoms with van der Waals surface area (Å²) in [6.45, 7) is 0. The minimum Gasteiger partial charge on any atom is -0.382 e. The first-order valence-electron chi connectivity index (χ1n) is 7.32. The van der Waals surface area contributed by atoms with Crippen LogP contribution in [0.1, 0.15) is 0 Å². The number of anilines is 5. The zero-order valence-corrected chi connectivity index (χ0v) is 15.3. The molecule has 0 atom stereocenters. The molecule has 0 amide bonds. The van der Waals surface area contributed by atoms with Crippen molar-refractivity contribution in [2.24, 2.45) is 0 Å². The van der Waals surface area contributed by atoms with Gasteiger partial charge in [-0.1, -0.05) is 29.3 Å². The van der Waals surface area contributed by atoms with Crippen LogP contribution in [0.15, 0.2) is 52.3 Å². The SMILES string of the molecule is Nc1nc(N)c2c(n1)N(c1cccc(Cl)c1)c1ccc(Cl)cc1S2(=O)=O. The van der Waals surface area contributed by atoms with E-state index in [2.05, 4.69) is 9.97 Å². The highest BCUT2D eigenvalue weighted by Crippen LogP contribution is 2.49. The van der Waals surface area contributed by atoms with Crippen LogP contribution in [-0.4, -0.2) is 18.4 Å². The van der Waals surface area contributed by atoms with E-state index in [1.807, 2.05) is 0 Å². The number of benzene rings is 2. The summed E-state index contributed by atoms with van der Waals surface area (Å²) in [4.78, 5) is 9.33. The van der Waals surface area contributed by atoms with Crippen molar-refractivity contribution in [3.05, 3.63) is 52.5 Å². The Morgan fingerprint density at radius 2 is 1.69 bits per heavy atom. The van der Waals surface area contributed by atoms with Gasteiger partial charge in [0.25, 0.3) is 0 Å². The first-order chi connectivity index (χ1) is 12.3. The van der Waals surface area contributed by atoms with Gasteiger partial charge in [-0.15, -0.1) is 0 Å². The van der Waals surface area contributed by atoms with Crippen molar-refractivity contribution in [2.75, 3.05) is 16.4 Å². The summed E-state index contributed by atoms with van der Waals surface area (Å²) in [5.41, 5.74) is 12.6. The fraction of sp³-hybridized carbons (Fsp3) is 0. The summed E-state index contributed by atoms with van der Waals surface area (Å²) in [7, 11) is -3.99. The third-order valence-corrected chi connectivity index (χ3v) is 6.20. The van der Waals surface area contributed by atoms with Gasteiger partial charge in [0.1, 0.15) is 0 Å². The van der Waals surface area contributed by atoms with Crippen molar-refractivity contribution < 1.29 is 8.42 Å². The van der Waals surface area contributed by atoms with Crippen molar-refractivity contribution in [3.8, 4) is 0 Å². The number of aromatic nitrogens is 2. The molecule has 4 N–H and O–H groups in total. The zero-order chi connectivity index (χ0) is 18.6. The van der Waals surface area contributed by atoms with E-state index in [0.717, 1.165) is 0 Å². The van der Waals surface area contributed by atoms with Crippen LogP contribution in [0.4, 0.5) is 29.0 Å². The Morgan fingerprint density at radius 3 is 2.42 bits per heavy atom. The zero-order valence-electron chi connectivity index (χ0n) is 13.0. The Balaban J connectivity index is 2.14. The molecule has 7 nitrogen and oxygen atoms in total. The Hall–Kier alpha value is -2.55. The molecule has 132 valence electrons. The lowest BCUT2D eigenvalue weighted by atomic mass is 10.2. The van der Waals surface area contributed by atoms with Crippen molar-refractivity contribution in [3.63, 3.8) is 0 Å². The number of nitrogens with two attached hydrogens (primary N) is 2.